The van der Waals surface area contributed by atoms with Gasteiger partial charge in [-0.3, -0.25) is 4.79 Å². The fraction of sp³-hybridized carbons (Fsp3) is 0.0714. The van der Waals surface area contributed by atoms with Gasteiger partial charge in [-0.05, 0) is 22.8 Å². The van der Waals surface area contributed by atoms with Gasteiger partial charge in [-0.1, -0.05) is 42.5 Å². The van der Waals surface area contributed by atoms with Gasteiger partial charge in [0.1, 0.15) is 0 Å². The minimum atomic E-state index is -0.441. The van der Waals surface area contributed by atoms with Crippen molar-refractivity contribution in [3.05, 3.63) is 59.7 Å². The molecule has 0 aliphatic carbocycles. The van der Waals surface area contributed by atoms with E-state index < -0.39 is 5.91 Å². The third kappa shape index (κ3) is 2.19. The van der Waals surface area contributed by atoms with Crippen molar-refractivity contribution in [3.8, 4) is 11.1 Å². The summed E-state index contributed by atoms with van der Waals surface area (Å²) in [6.45, 7) is 0.295. The number of carbonyl (C=O) groups excluding carboxylic acids is 1. The van der Waals surface area contributed by atoms with Crippen LogP contribution in [0.5, 0.6) is 0 Å². The summed E-state index contributed by atoms with van der Waals surface area (Å²) in [5, 5.41) is 0. The van der Waals surface area contributed by atoms with Crippen LogP contribution in [0.2, 0.25) is 0 Å². The van der Waals surface area contributed by atoms with Gasteiger partial charge in [0.25, 0.3) is 0 Å². The Bertz CT molecular complexity index is 535. The first-order chi connectivity index (χ1) is 8.24. The zero-order valence-corrected chi connectivity index (χ0v) is 9.39. The summed E-state index contributed by atoms with van der Waals surface area (Å²) in [6, 6.07) is 15.3. The van der Waals surface area contributed by atoms with Crippen LogP contribution in [0, 0.1) is 0 Å². The number of hydrogen-bond donors (Lipinski definition) is 2. The molecule has 0 atom stereocenters. The fourth-order valence-corrected chi connectivity index (χ4v) is 1.93. The number of hydrogen-bond acceptors (Lipinski definition) is 2. The van der Waals surface area contributed by atoms with Crippen molar-refractivity contribution < 1.29 is 4.79 Å². The molecule has 86 valence electrons. The highest BCUT2D eigenvalue weighted by Gasteiger charge is 2.11. The first-order valence-electron chi connectivity index (χ1n) is 5.41. The molecule has 0 saturated heterocycles. The van der Waals surface area contributed by atoms with E-state index in [1.165, 1.54) is 0 Å². The number of nitrogens with two attached hydrogens (primary N) is 2. The third-order valence-electron chi connectivity index (χ3n) is 2.73. The second kappa shape index (κ2) is 4.80. The van der Waals surface area contributed by atoms with E-state index in [0.29, 0.717) is 12.1 Å². The molecule has 0 heterocycles. The lowest BCUT2D eigenvalue weighted by molar-refractivity contribution is 0.0999. The van der Waals surface area contributed by atoms with Gasteiger partial charge < -0.3 is 11.5 Å². The van der Waals surface area contributed by atoms with Gasteiger partial charge in [-0.2, -0.15) is 0 Å². The van der Waals surface area contributed by atoms with Crippen molar-refractivity contribution >= 4 is 5.91 Å². The molecule has 0 bridgehead atoms. The van der Waals surface area contributed by atoms with Crippen LogP contribution < -0.4 is 11.5 Å². The monoisotopic (exact) mass is 226 g/mol. The molecule has 4 N–H and O–H groups in total. The number of carbonyl (C=O) groups is 1. The zero-order valence-electron chi connectivity index (χ0n) is 9.39. The lowest BCUT2D eigenvalue weighted by atomic mass is 9.95. The van der Waals surface area contributed by atoms with E-state index in [1.807, 2.05) is 42.5 Å². The maximum atomic E-state index is 11.3. The number of rotatable bonds is 3. The van der Waals surface area contributed by atoms with Gasteiger partial charge >= 0.3 is 0 Å². The Labute approximate surface area is 100 Å². The molecule has 0 radical (unpaired) electrons. The predicted octanol–water partition coefficient (Wildman–Crippen LogP) is 1.91. The first kappa shape index (κ1) is 11.4. The van der Waals surface area contributed by atoms with E-state index in [9.17, 15) is 4.79 Å². The Balaban J connectivity index is 2.63. The van der Waals surface area contributed by atoms with E-state index in [-0.39, 0.29) is 0 Å². The highest BCUT2D eigenvalue weighted by molar-refractivity contribution is 5.96. The Morgan fingerprint density at radius 2 is 1.71 bits per heavy atom. The average molecular weight is 226 g/mol. The van der Waals surface area contributed by atoms with Gasteiger partial charge in [0.2, 0.25) is 5.91 Å². The molecule has 0 unspecified atom stereocenters. The van der Waals surface area contributed by atoms with Gasteiger partial charge in [-0.15, -0.1) is 0 Å². The lowest BCUT2D eigenvalue weighted by Crippen LogP contribution is -2.16. The highest BCUT2D eigenvalue weighted by Crippen LogP contribution is 2.25. The van der Waals surface area contributed by atoms with Crippen LogP contribution in [0.3, 0.4) is 0 Å². The Morgan fingerprint density at radius 3 is 2.29 bits per heavy atom. The second-order valence-corrected chi connectivity index (χ2v) is 3.77. The highest BCUT2D eigenvalue weighted by atomic mass is 16.1. The molecule has 2 rings (SSSR count). The molecule has 2 aromatic carbocycles. The summed E-state index contributed by atoms with van der Waals surface area (Å²) >= 11 is 0. The summed E-state index contributed by atoms with van der Waals surface area (Å²) in [6.07, 6.45) is 0. The van der Waals surface area contributed by atoms with Crippen LogP contribution in [0.4, 0.5) is 0 Å². The fourth-order valence-electron chi connectivity index (χ4n) is 1.93. The largest absolute Gasteiger partial charge is 0.366 e. The smallest absolute Gasteiger partial charge is 0.249 e. The predicted molar refractivity (Wildman–Crippen MR) is 68.3 cm³/mol. The normalized spacial score (nSPS) is 10.2. The van der Waals surface area contributed by atoms with Crippen molar-refractivity contribution in [2.45, 2.75) is 6.54 Å². The van der Waals surface area contributed by atoms with Crippen LogP contribution in [0.25, 0.3) is 11.1 Å². The molecule has 2 aromatic rings. The lowest BCUT2D eigenvalue weighted by Gasteiger charge is -2.11. The topological polar surface area (TPSA) is 69.1 Å². The molecule has 0 aliphatic rings. The molecule has 1 amide bonds. The Hall–Kier alpha value is -2.13. The average Bonchev–Trinajstić information content (AvgIpc) is 2.38. The Kier molecular flexibility index (Phi) is 3.21. The minimum Gasteiger partial charge on any atom is -0.366 e. The molecule has 3 heteroatoms. The third-order valence-corrected chi connectivity index (χ3v) is 2.73. The molecule has 0 aliphatic heterocycles. The minimum absolute atomic E-state index is 0.295. The Morgan fingerprint density at radius 1 is 1.00 bits per heavy atom. The van der Waals surface area contributed by atoms with Crippen LogP contribution in [0.1, 0.15) is 15.9 Å². The zero-order chi connectivity index (χ0) is 12.3. The molecule has 3 nitrogen and oxygen atoms in total. The quantitative estimate of drug-likeness (QED) is 0.839. The SMILES string of the molecule is NCc1c(C(N)=O)cccc1-c1ccccc1. The first-order valence-corrected chi connectivity index (χ1v) is 5.41. The van der Waals surface area contributed by atoms with Gasteiger partial charge in [0.15, 0.2) is 0 Å². The molecule has 0 aromatic heterocycles. The van der Waals surface area contributed by atoms with E-state index in [4.69, 9.17) is 11.5 Å². The van der Waals surface area contributed by atoms with Crippen LogP contribution in [-0.2, 0) is 6.54 Å². The summed E-state index contributed by atoms with van der Waals surface area (Å²) in [5.41, 5.74) is 14.4. The van der Waals surface area contributed by atoms with Gasteiger partial charge in [0, 0.05) is 12.1 Å². The van der Waals surface area contributed by atoms with Crippen molar-refractivity contribution in [2.75, 3.05) is 0 Å². The van der Waals surface area contributed by atoms with Crippen molar-refractivity contribution in [1.82, 2.24) is 0 Å². The molecular formula is C14H14N2O. The van der Waals surface area contributed by atoms with E-state index in [0.717, 1.165) is 16.7 Å². The summed E-state index contributed by atoms with van der Waals surface area (Å²) in [4.78, 5) is 11.3. The second-order valence-electron chi connectivity index (χ2n) is 3.77. The summed E-state index contributed by atoms with van der Waals surface area (Å²) in [5.74, 6) is -0.441. The summed E-state index contributed by atoms with van der Waals surface area (Å²) < 4.78 is 0. The van der Waals surface area contributed by atoms with Crippen LogP contribution in [-0.4, -0.2) is 5.91 Å². The van der Waals surface area contributed by atoms with E-state index >= 15 is 0 Å². The molecule has 17 heavy (non-hydrogen) atoms. The van der Waals surface area contributed by atoms with E-state index in [2.05, 4.69) is 0 Å². The number of benzene rings is 2. The van der Waals surface area contributed by atoms with Crippen molar-refractivity contribution in [1.29, 1.82) is 0 Å². The maximum Gasteiger partial charge on any atom is 0.249 e. The molecule has 0 spiro atoms. The van der Waals surface area contributed by atoms with Crippen LogP contribution in [0.15, 0.2) is 48.5 Å². The summed E-state index contributed by atoms with van der Waals surface area (Å²) in [7, 11) is 0. The standard InChI is InChI=1S/C14H14N2O/c15-9-13-11(10-5-2-1-3-6-10)7-4-8-12(13)14(16)17/h1-8H,9,15H2,(H2,16,17). The molecular weight excluding hydrogens is 212 g/mol. The van der Waals surface area contributed by atoms with Gasteiger partial charge in [0.05, 0.1) is 0 Å². The molecule has 0 saturated carbocycles. The van der Waals surface area contributed by atoms with Crippen molar-refractivity contribution in [2.24, 2.45) is 11.5 Å². The number of amides is 1. The van der Waals surface area contributed by atoms with E-state index in [1.54, 1.807) is 6.07 Å². The maximum absolute atomic E-state index is 11.3. The van der Waals surface area contributed by atoms with Crippen molar-refractivity contribution in [3.63, 3.8) is 0 Å². The molecule has 0 fully saturated rings. The number of primary amides is 1. The van der Waals surface area contributed by atoms with Gasteiger partial charge in [-0.25, -0.2) is 0 Å². The van der Waals surface area contributed by atoms with Crippen LogP contribution >= 0.6 is 0 Å².